The van der Waals surface area contributed by atoms with E-state index in [1.54, 1.807) is 20.1 Å². The molecule has 188 valence electrons. The van der Waals surface area contributed by atoms with E-state index in [0.717, 1.165) is 22.6 Å². The number of rotatable bonds is 8. The first kappa shape index (κ1) is 27.2. The Bertz CT molecular complexity index is 1450. The fourth-order valence-corrected chi connectivity index (χ4v) is 4.69. The van der Waals surface area contributed by atoms with Crippen molar-refractivity contribution >= 4 is 39.7 Å². The maximum absolute atomic E-state index is 12.8. The summed E-state index contributed by atoms with van der Waals surface area (Å²) < 4.78 is 14.1. The fraction of sp³-hybridized carbons (Fsp3) is 0.280. The van der Waals surface area contributed by atoms with Crippen LogP contribution in [0.4, 0.5) is 0 Å². The maximum atomic E-state index is 12.8. The molecular weight excluding hydrogens is 550 g/mol. The minimum Gasteiger partial charge on any atom is -0.495 e. The van der Waals surface area contributed by atoms with E-state index in [2.05, 4.69) is 26.5 Å². The number of nitrogens with one attached hydrogen (secondary N) is 1. The number of nitrogens with zero attached hydrogens (tertiary/aromatic N) is 4. The Morgan fingerprint density at radius 1 is 1.25 bits per heavy atom. The highest BCUT2D eigenvalue weighted by atomic mass is 79.9. The lowest BCUT2D eigenvalue weighted by atomic mass is 10.1. The van der Waals surface area contributed by atoms with Crippen LogP contribution in [0, 0.1) is 32.1 Å². The topological polar surface area (TPSA) is 111 Å². The van der Waals surface area contributed by atoms with E-state index in [-0.39, 0.29) is 18.7 Å². The molecule has 1 N–H and O–H groups in total. The second kappa shape index (κ2) is 11.6. The monoisotopic (exact) mass is 573 g/mol. The van der Waals surface area contributed by atoms with Crippen LogP contribution < -0.4 is 15.7 Å². The van der Waals surface area contributed by atoms with Crippen molar-refractivity contribution in [3.63, 3.8) is 0 Å². The van der Waals surface area contributed by atoms with E-state index in [9.17, 15) is 14.9 Å². The molecule has 0 aliphatic rings. The second-order valence-electron chi connectivity index (χ2n) is 7.96. The molecule has 0 radical (unpaired) electrons. The molecule has 2 aromatic heterocycles. The summed E-state index contributed by atoms with van der Waals surface area (Å²) in [6.07, 6.45) is 1.54. The first-order valence-electron chi connectivity index (χ1n) is 10.8. The van der Waals surface area contributed by atoms with Crippen molar-refractivity contribution in [2.24, 2.45) is 5.10 Å². The van der Waals surface area contributed by atoms with E-state index < -0.39 is 11.5 Å². The van der Waals surface area contributed by atoms with Gasteiger partial charge in [-0.15, -0.1) is 0 Å². The second-order valence-corrected chi connectivity index (χ2v) is 9.16. The van der Waals surface area contributed by atoms with Crippen molar-refractivity contribution in [1.29, 1.82) is 5.26 Å². The summed E-state index contributed by atoms with van der Waals surface area (Å²) >= 11 is 9.70. The number of aromatic nitrogens is 2. The number of benzene rings is 1. The van der Waals surface area contributed by atoms with Gasteiger partial charge in [-0.05, 0) is 61.0 Å². The van der Waals surface area contributed by atoms with Gasteiger partial charge in [0.2, 0.25) is 0 Å². The minimum atomic E-state index is -0.564. The van der Waals surface area contributed by atoms with Gasteiger partial charge in [0.15, 0.2) is 0 Å². The molecule has 36 heavy (non-hydrogen) atoms. The van der Waals surface area contributed by atoms with Gasteiger partial charge in [0.25, 0.3) is 11.5 Å². The first-order valence-corrected chi connectivity index (χ1v) is 12.0. The third-order valence-electron chi connectivity index (χ3n) is 5.71. The Balaban J connectivity index is 1.80. The van der Waals surface area contributed by atoms with Crippen molar-refractivity contribution in [3.05, 3.63) is 77.9 Å². The summed E-state index contributed by atoms with van der Waals surface area (Å²) in [5.74, 6) is 0.0754. The lowest BCUT2D eigenvalue weighted by Gasteiger charge is -2.15. The van der Waals surface area contributed by atoms with E-state index in [0.29, 0.717) is 26.5 Å². The molecule has 0 fully saturated rings. The highest BCUT2D eigenvalue weighted by Gasteiger charge is 2.19. The number of pyridine rings is 1. The number of halogens is 2. The predicted octanol–water partition coefficient (Wildman–Crippen LogP) is 4.16. The zero-order chi connectivity index (χ0) is 26.6. The number of hydrazone groups is 1. The van der Waals surface area contributed by atoms with E-state index in [1.165, 1.54) is 17.9 Å². The Morgan fingerprint density at radius 3 is 2.58 bits per heavy atom. The number of carbonyl (C=O) groups is 1. The van der Waals surface area contributed by atoms with Gasteiger partial charge < -0.3 is 18.6 Å². The van der Waals surface area contributed by atoms with E-state index >= 15 is 0 Å². The smallest absolute Gasteiger partial charge is 0.269 e. The van der Waals surface area contributed by atoms with E-state index in [4.69, 9.17) is 21.1 Å². The predicted molar refractivity (Wildman–Crippen MR) is 141 cm³/mol. The van der Waals surface area contributed by atoms with Crippen LogP contribution in [0.5, 0.6) is 5.75 Å². The molecule has 9 nitrogen and oxygen atoms in total. The quantitative estimate of drug-likeness (QED) is 0.321. The number of methoxy groups -OCH3 is 2. The Kier molecular flexibility index (Phi) is 8.74. The van der Waals surface area contributed by atoms with Gasteiger partial charge >= 0.3 is 0 Å². The van der Waals surface area contributed by atoms with Crippen LogP contribution in [0.25, 0.3) is 5.69 Å². The number of amides is 1. The normalized spacial score (nSPS) is 11.1. The molecule has 1 aromatic carbocycles. The van der Waals surface area contributed by atoms with Crippen LogP contribution in [0.15, 0.2) is 38.6 Å². The SMILES string of the molecule is COCc1c(Br)c(C)n(CC(=O)N/N=C/c2cc(C)n(-c3ccc(OC)c(Cl)c3)c2C)c(=O)c1C#N. The third kappa shape index (κ3) is 5.38. The average molecular weight is 575 g/mol. The molecule has 11 heteroatoms. The molecule has 3 rings (SSSR count). The Hall–Kier alpha value is -3.39. The average Bonchev–Trinajstić information content (AvgIpc) is 3.13. The highest BCUT2D eigenvalue weighted by molar-refractivity contribution is 9.10. The lowest BCUT2D eigenvalue weighted by Crippen LogP contribution is -2.33. The van der Waals surface area contributed by atoms with Crippen molar-refractivity contribution in [3.8, 4) is 17.5 Å². The number of nitriles is 1. The van der Waals surface area contributed by atoms with E-state index in [1.807, 2.05) is 42.7 Å². The highest BCUT2D eigenvalue weighted by Crippen LogP contribution is 2.29. The van der Waals surface area contributed by atoms with Gasteiger partial charge in [-0.25, -0.2) is 5.43 Å². The number of carbonyl (C=O) groups excluding carboxylic acids is 1. The summed E-state index contributed by atoms with van der Waals surface area (Å²) in [5, 5.41) is 14.0. The van der Waals surface area contributed by atoms with Gasteiger partial charge in [-0.3, -0.25) is 9.59 Å². The standard InChI is InChI=1S/C25H25BrClN5O4/c1-14-8-17(15(2)32(14)18-6-7-22(36-5)21(27)9-18)11-29-30-23(33)12-31-16(3)24(26)20(13-35-4)19(10-28)25(31)34/h6-9,11H,12-13H2,1-5H3,(H,30,33)/b29-11+. The maximum Gasteiger partial charge on any atom is 0.269 e. The van der Waals surface area contributed by atoms with Crippen LogP contribution in [-0.4, -0.2) is 35.5 Å². The molecule has 0 saturated carbocycles. The van der Waals surface area contributed by atoms with Crippen molar-refractivity contribution < 1.29 is 14.3 Å². The Labute approximate surface area is 222 Å². The molecule has 0 spiro atoms. The molecule has 0 saturated heterocycles. The zero-order valence-corrected chi connectivity index (χ0v) is 22.8. The van der Waals surface area contributed by atoms with Crippen molar-refractivity contribution in [1.82, 2.24) is 14.6 Å². The summed E-state index contributed by atoms with van der Waals surface area (Å²) in [6.45, 7) is 5.36. The molecule has 1 amide bonds. The van der Waals surface area contributed by atoms with Crippen LogP contribution in [-0.2, 0) is 22.7 Å². The molecular formula is C25H25BrClN5O4. The molecule has 0 bridgehead atoms. The van der Waals surface area contributed by atoms with Crippen LogP contribution in [0.2, 0.25) is 5.02 Å². The molecule has 0 aliphatic carbocycles. The fourth-order valence-electron chi connectivity index (χ4n) is 3.91. The molecule has 0 atom stereocenters. The molecule has 3 aromatic rings. The van der Waals surface area contributed by atoms with Gasteiger partial charge in [-0.1, -0.05) is 11.6 Å². The van der Waals surface area contributed by atoms with Crippen LogP contribution in [0.1, 0.15) is 33.8 Å². The largest absolute Gasteiger partial charge is 0.495 e. The minimum absolute atomic E-state index is 0.0725. The van der Waals surface area contributed by atoms with Crippen LogP contribution >= 0.6 is 27.5 Å². The zero-order valence-electron chi connectivity index (χ0n) is 20.5. The lowest BCUT2D eigenvalue weighted by molar-refractivity contribution is -0.121. The summed E-state index contributed by atoms with van der Waals surface area (Å²) in [5.41, 5.74) is 6.29. The molecule has 0 aliphatic heterocycles. The van der Waals surface area contributed by atoms with Gasteiger partial charge in [0.1, 0.15) is 23.9 Å². The van der Waals surface area contributed by atoms with Gasteiger partial charge in [0, 0.05) is 45.5 Å². The number of hydrogen-bond donors (Lipinski definition) is 1. The first-order chi connectivity index (χ1) is 17.1. The van der Waals surface area contributed by atoms with Crippen molar-refractivity contribution in [2.75, 3.05) is 14.2 Å². The number of hydrogen-bond acceptors (Lipinski definition) is 6. The summed E-state index contributed by atoms with van der Waals surface area (Å²) in [4.78, 5) is 25.4. The summed E-state index contributed by atoms with van der Waals surface area (Å²) in [6, 6.07) is 9.36. The van der Waals surface area contributed by atoms with Crippen LogP contribution in [0.3, 0.4) is 0 Å². The third-order valence-corrected chi connectivity index (χ3v) is 7.06. The summed E-state index contributed by atoms with van der Waals surface area (Å²) in [7, 11) is 3.04. The number of aryl methyl sites for hydroxylation is 1. The van der Waals surface area contributed by atoms with Gasteiger partial charge in [-0.2, -0.15) is 10.4 Å². The molecule has 2 heterocycles. The molecule has 0 unspecified atom stereocenters. The van der Waals surface area contributed by atoms with Crippen molar-refractivity contribution in [2.45, 2.75) is 33.9 Å². The van der Waals surface area contributed by atoms with Gasteiger partial charge in [0.05, 0.1) is 25.0 Å². The number of ether oxygens (including phenoxy) is 2. The Morgan fingerprint density at radius 2 is 1.97 bits per heavy atom.